The highest BCUT2D eigenvalue weighted by molar-refractivity contribution is 7.47. The van der Waals surface area contributed by atoms with Crippen LogP contribution in [0.15, 0.2) is 0 Å². The highest BCUT2D eigenvalue weighted by Crippen LogP contribution is 2.45. The van der Waals surface area contributed by atoms with E-state index in [-0.39, 0.29) is 25.7 Å². The van der Waals surface area contributed by atoms with Crippen molar-refractivity contribution in [2.75, 3.05) is 39.6 Å². The first kappa shape index (κ1) is 92.1. The van der Waals surface area contributed by atoms with E-state index in [1.54, 1.807) is 0 Å². The van der Waals surface area contributed by atoms with Gasteiger partial charge in [0.15, 0.2) is 12.2 Å². The normalized spacial score (nSPS) is 14.4. The van der Waals surface area contributed by atoms with Crippen LogP contribution in [0.25, 0.3) is 0 Å². The Labute approximate surface area is 575 Å². The molecule has 558 valence electrons. The predicted molar refractivity (Wildman–Crippen MR) is 381 cm³/mol. The van der Waals surface area contributed by atoms with Gasteiger partial charge >= 0.3 is 39.5 Å². The van der Waals surface area contributed by atoms with Crippen molar-refractivity contribution in [3.63, 3.8) is 0 Å². The van der Waals surface area contributed by atoms with Gasteiger partial charge in [0.05, 0.1) is 26.4 Å². The molecule has 0 saturated carbocycles. The molecule has 0 heterocycles. The molecule has 3 unspecified atom stereocenters. The van der Waals surface area contributed by atoms with Crippen molar-refractivity contribution >= 4 is 39.5 Å². The lowest BCUT2D eigenvalue weighted by molar-refractivity contribution is -0.161. The third-order valence-electron chi connectivity index (χ3n) is 17.7. The molecule has 3 N–H and O–H groups in total. The maximum atomic E-state index is 13.1. The number of carbonyl (C=O) groups is 4. The number of hydrogen-bond donors (Lipinski definition) is 3. The Bertz CT molecular complexity index is 1840. The number of phosphoric ester groups is 2. The second-order valence-corrected chi connectivity index (χ2v) is 31.1. The van der Waals surface area contributed by atoms with Gasteiger partial charge in [-0.25, -0.2) is 9.13 Å². The van der Waals surface area contributed by atoms with Gasteiger partial charge in [0.25, 0.3) is 0 Å². The second kappa shape index (κ2) is 65.7. The van der Waals surface area contributed by atoms with E-state index in [0.29, 0.717) is 25.7 Å². The zero-order valence-corrected chi connectivity index (χ0v) is 63.2. The summed E-state index contributed by atoms with van der Waals surface area (Å²) in [6, 6.07) is 0. The van der Waals surface area contributed by atoms with E-state index in [9.17, 15) is 43.2 Å². The Morgan fingerprint density at radius 1 is 0.309 bits per heavy atom. The number of esters is 4. The van der Waals surface area contributed by atoms with Gasteiger partial charge < -0.3 is 33.8 Å². The molecule has 0 aliphatic heterocycles. The van der Waals surface area contributed by atoms with Crippen molar-refractivity contribution in [3.8, 4) is 0 Å². The van der Waals surface area contributed by atoms with E-state index < -0.39 is 97.5 Å². The molecule has 19 heteroatoms. The molecule has 0 radical (unpaired) electrons. The third kappa shape index (κ3) is 67.3. The number of rotatable bonds is 73. The summed E-state index contributed by atoms with van der Waals surface area (Å²) in [6.45, 7) is 11.9. The summed E-state index contributed by atoms with van der Waals surface area (Å²) in [4.78, 5) is 72.8. The van der Waals surface area contributed by atoms with Gasteiger partial charge in [0.2, 0.25) is 0 Å². The maximum absolute atomic E-state index is 13.1. The number of carbonyl (C=O) groups excluding carboxylic acids is 4. The van der Waals surface area contributed by atoms with Gasteiger partial charge in [-0.05, 0) is 43.4 Å². The van der Waals surface area contributed by atoms with E-state index in [4.69, 9.17) is 37.0 Å². The molecule has 0 fully saturated rings. The summed E-state index contributed by atoms with van der Waals surface area (Å²) in [5.41, 5.74) is 0. The van der Waals surface area contributed by atoms with Crippen LogP contribution in [-0.4, -0.2) is 96.7 Å². The van der Waals surface area contributed by atoms with E-state index in [0.717, 1.165) is 108 Å². The second-order valence-electron chi connectivity index (χ2n) is 28.2. The molecule has 0 aromatic heterocycles. The highest BCUT2D eigenvalue weighted by atomic mass is 31.2. The van der Waals surface area contributed by atoms with Gasteiger partial charge in [-0.15, -0.1) is 0 Å². The lowest BCUT2D eigenvalue weighted by atomic mass is 9.99. The minimum absolute atomic E-state index is 0.105. The van der Waals surface area contributed by atoms with Gasteiger partial charge in [-0.3, -0.25) is 37.3 Å². The zero-order chi connectivity index (χ0) is 69.4. The average molecular weight is 1380 g/mol. The number of phosphoric acid groups is 2. The standard InChI is InChI=1S/C75H146O17P2/c1-8-10-11-12-13-14-20-27-35-42-49-56-72(77)85-63-71(92-75(80)59-52-45-38-31-30-34-41-48-55-68(7)9-2)65-90-94(83,84)88-61-69(76)60-87-93(81,82)89-64-70(62-86-73(78)57-50-43-36-28-23-19-18-22-26-33-40-47-54-67(5)6)91-74(79)58-51-44-37-29-24-17-15-16-21-25-32-39-46-53-66(3)4/h66-71,76H,8-65H2,1-7H3,(H,81,82)(H,83,84)/t68?,69-,70-,71-/m1/s1. The molecule has 0 aliphatic carbocycles. The summed E-state index contributed by atoms with van der Waals surface area (Å²) >= 11 is 0. The van der Waals surface area contributed by atoms with Crippen LogP contribution < -0.4 is 0 Å². The topological polar surface area (TPSA) is 237 Å². The molecule has 17 nitrogen and oxygen atoms in total. The molecule has 0 rings (SSSR count). The largest absolute Gasteiger partial charge is 0.472 e. The average Bonchev–Trinajstić information content (AvgIpc) is 1.44. The Kier molecular flexibility index (Phi) is 64.3. The quantitative estimate of drug-likeness (QED) is 0.0222. The van der Waals surface area contributed by atoms with Gasteiger partial charge in [0.1, 0.15) is 19.3 Å². The molecule has 0 saturated heterocycles. The molecule has 0 aromatic rings. The SMILES string of the molecule is CCCCCCCCCCCCCC(=O)OC[C@H](COP(=O)(O)OC[C@H](O)COP(=O)(O)OC[C@@H](COC(=O)CCCCCCCCCCCCCCC(C)C)OC(=O)CCCCCCCCCCCCCCCC(C)C)OC(=O)CCCCCCCCCCC(C)CC. The Morgan fingerprint density at radius 2 is 0.543 bits per heavy atom. The van der Waals surface area contributed by atoms with Gasteiger partial charge in [-0.1, -0.05) is 331 Å². The maximum Gasteiger partial charge on any atom is 0.472 e. The molecule has 6 atom stereocenters. The van der Waals surface area contributed by atoms with Crippen LogP contribution in [0.2, 0.25) is 0 Å². The van der Waals surface area contributed by atoms with Crippen LogP contribution in [0.1, 0.15) is 382 Å². The summed E-state index contributed by atoms with van der Waals surface area (Å²) in [5.74, 6) is 0.219. The minimum atomic E-state index is -4.96. The van der Waals surface area contributed by atoms with Crippen LogP contribution in [0.4, 0.5) is 0 Å². The summed E-state index contributed by atoms with van der Waals surface area (Å²) in [5, 5.41) is 10.6. The van der Waals surface area contributed by atoms with E-state index in [2.05, 4.69) is 48.5 Å². The molecule has 94 heavy (non-hydrogen) atoms. The van der Waals surface area contributed by atoms with Crippen molar-refractivity contribution in [1.82, 2.24) is 0 Å². The molecule has 0 aromatic carbocycles. The fourth-order valence-corrected chi connectivity index (χ4v) is 13.0. The van der Waals surface area contributed by atoms with E-state index >= 15 is 0 Å². The zero-order valence-electron chi connectivity index (χ0n) is 61.4. The molecule has 0 spiro atoms. The monoisotopic (exact) mass is 1380 g/mol. The summed E-state index contributed by atoms with van der Waals surface area (Å²) < 4.78 is 68.5. The Hall–Kier alpha value is -1.94. The van der Waals surface area contributed by atoms with Crippen LogP contribution in [0.5, 0.6) is 0 Å². The lowest BCUT2D eigenvalue weighted by Crippen LogP contribution is -2.30. The summed E-state index contributed by atoms with van der Waals surface area (Å²) in [6.07, 6.45) is 51.1. The Balaban J connectivity index is 5.26. The van der Waals surface area contributed by atoms with Crippen LogP contribution in [0.3, 0.4) is 0 Å². The number of aliphatic hydroxyl groups is 1. The number of unbranched alkanes of at least 4 members (excludes halogenated alkanes) is 40. The lowest BCUT2D eigenvalue weighted by Gasteiger charge is -2.21. The molecule has 0 bridgehead atoms. The molecule has 0 amide bonds. The molecule has 0 aliphatic rings. The number of aliphatic hydroxyl groups excluding tert-OH is 1. The van der Waals surface area contributed by atoms with Gasteiger partial charge in [-0.2, -0.15) is 0 Å². The van der Waals surface area contributed by atoms with Crippen molar-refractivity contribution in [2.24, 2.45) is 17.8 Å². The summed E-state index contributed by atoms with van der Waals surface area (Å²) in [7, 11) is -9.91. The highest BCUT2D eigenvalue weighted by Gasteiger charge is 2.30. The van der Waals surface area contributed by atoms with Crippen LogP contribution >= 0.6 is 15.6 Å². The third-order valence-corrected chi connectivity index (χ3v) is 19.6. The van der Waals surface area contributed by atoms with Crippen molar-refractivity contribution in [3.05, 3.63) is 0 Å². The van der Waals surface area contributed by atoms with Crippen molar-refractivity contribution in [1.29, 1.82) is 0 Å². The smallest absolute Gasteiger partial charge is 0.462 e. The Morgan fingerprint density at radius 3 is 0.809 bits per heavy atom. The predicted octanol–water partition coefficient (Wildman–Crippen LogP) is 21.8. The number of ether oxygens (including phenoxy) is 4. The van der Waals surface area contributed by atoms with Crippen LogP contribution in [-0.2, 0) is 65.4 Å². The first-order valence-corrected chi connectivity index (χ1v) is 41.9. The van der Waals surface area contributed by atoms with Crippen LogP contribution in [0, 0.1) is 17.8 Å². The van der Waals surface area contributed by atoms with Crippen molar-refractivity contribution in [2.45, 2.75) is 401 Å². The van der Waals surface area contributed by atoms with E-state index in [1.165, 1.54) is 193 Å². The molecular weight excluding hydrogens is 1230 g/mol. The fourth-order valence-electron chi connectivity index (χ4n) is 11.4. The number of hydrogen-bond acceptors (Lipinski definition) is 15. The van der Waals surface area contributed by atoms with E-state index in [1.807, 2.05) is 0 Å². The van der Waals surface area contributed by atoms with Gasteiger partial charge in [0, 0.05) is 25.7 Å². The first-order valence-electron chi connectivity index (χ1n) is 38.9. The molecular formula is C75H146O17P2. The minimum Gasteiger partial charge on any atom is -0.462 e. The fraction of sp³-hybridized carbons (Fsp3) is 0.947. The first-order chi connectivity index (χ1) is 45.3. The van der Waals surface area contributed by atoms with Crippen molar-refractivity contribution < 1.29 is 80.2 Å².